The number of nitrogens with zero attached hydrogens (tertiary/aromatic N) is 4. The number of nitrogens with one attached hydrogen (secondary N) is 1. The second kappa shape index (κ2) is 9.30. The van der Waals surface area contributed by atoms with Gasteiger partial charge < -0.3 is 5.32 Å². The largest absolute Gasteiger partial charge is 0.433 e. The van der Waals surface area contributed by atoms with Gasteiger partial charge in [0.05, 0.1) is 22.8 Å². The van der Waals surface area contributed by atoms with Crippen LogP contribution in [0.1, 0.15) is 24.7 Å². The average molecular weight is 509 g/mol. The van der Waals surface area contributed by atoms with Crippen molar-refractivity contribution in [3.05, 3.63) is 72.2 Å². The number of amides is 1. The lowest BCUT2D eigenvalue weighted by Crippen LogP contribution is -2.62. The first-order chi connectivity index (χ1) is 16.5. The molecule has 0 spiro atoms. The number of pyridine rings is 1. The van der Waals surface area contributed by atoms with E-state index in [0.29, 0.717) is 23.4 Å². The molecule has 0 saturated carbocycles. The Hall–Kier alpha value is -3.45. The molecular weight excluding hydrogens is 490 g/mol. The fourth-order valence-corrected chi connectivity index (χ4v) is 5.52. The standard InChI is InChI=1S/C22H19F4N5O3S/c1-13-8-19(31(13)35(33,34)17-5-3-15(23)4-6-17)21(32)28-11-16-9-18(30-12-29-16)14-2-7-20(27-10-14)22(24,25)26/h2-7,9-10,12-13,19H,8,11H2,1H3,(H,28,32)/t13-,19?/m1/s1. The van der Waals surface area contributed by atoms with Crippen LogP contribution in [0.3, 0.4) is 0 Å². The van der Waals surface area contributed by atoms with Crippen LogP contribution in [0.5, 0.6) is 0 Å². The van der Waals surface area contributed by atoms with Gasteiger partial charge in [-0.15, -0.1) is 0 Å². The second-order valence-corrected chi connectivity index (χ2v) is 9.77. The minimum absolute atomic E-state index is 0.0578. The third kappa shape index (κ3) is 5.15. The van der Waals surface area contributed by atoms with E-state index in [1.807, 2.05) is 0 Å². The number of benzene rings is 1. The highest BCUT2D eigenvalue weighted by molar-refractivity contribution is 7.89. The maximum atomic E-state index is 13.2. The van der Waals surface area contributed by atoms with Gasteiger partial charge in [-0.3, -0.25) is 9.78 Å². The van der Waals surface area contributed by atoms with Gasteiger partial charge in [0.2, 0.25) is 15.9 Å². The lowest BCUT2D eigenvalue weighted by atomic mass is 9.98. The van der Waals surface area contributed by atoms with Gasteiger partial charge in [0.15, 0.2) is 0 Å². The molecule has 1 amide bonds. The van der Waals surface area contributed by atoms with Crippen molar-refractivity contribution in [2.24, 2.45) is 0 Å². The summed E-state index contributed by atoms with van der Waals surface area (Å²) in [6, 6.07) is 6.55. The third-order valence-electron chi connectivity index (χ3n) is 5.51. The van der Waals surface area contributed by atoms with E-state index in [2.05, 4.69) is 20.3 Å². The number of hydrogen-bond donors (Lipinski definition) is 1. The molecule has 1 aliphatic heterocycles. The third-order valence-corrected chi connectivity index (χ3v) is 7.55. The highest BCUT2D eigenvalue weighted by Gasteiger charge is 2.48. The maximum absolute atomic E-state index is 13.2. The number of carbonyl (C=O) groups excluding carboxylic acids is 1. The summed E-state index contributed by atoms with van der Waals surface area (Å²) in [5.41, 5.74) is -0.0261. The number of carbonyl (C=O) groups is 1. The van der Waals surface area contributed by atoms with Gasteiger partial charge in [-0.05, 0) is 55.8 Å². The summed E-state index contributed by atoms with van der Waals surface area (Å²) >= 11 is 0. The molecular formula is C22H19F4N5O3S. The fraction of sp³-hybridized carbons (Fsp3) is 0.273. The highest BCUT2D eigenvalue weighted by atomic mass is 32.2. The summed E-state index contributed by atoms with van der Waals surface area (Å²) in [7, 11) is -4.01. The van der Waals surface area contributed by atoms with Gasteiger partial charge in [-0.2, -0.15) is 17.5 Å². The Morgan fingerprint density at radius 2 is 1.83 bits per heavy atom. The van der Waals surface area contributed by atoms with Crippen molar-refractivity contribution in [2.75, 3.05) is 0 Å². The van der Waals surface area contributed by atoms with E-state index >= 15 is 0 Å². The molecule has 2 aromatic heterocycles. The van der Waals surface area contributed by atoms with E-state index in [0.717, 1.165) is 40.8 Å². The molecule has 1 aliphatic rings. The van der Waals surface area contributed by atoms with E-state index in [1.165, 1.54) is 18.5 Å². The van der Waals surface area contributed by atoms with Gasteiger partial charge in [0, 0.05) is 17.8 Å². The van der Waals surface area contributed by atoms with Crippen molar-refractivity contribution in [3.8, 4) is 11.3 Å². The van der Waals surface area contributed by atoms with Crippen LogP contribution >= 0.6 is 0 Å². The SMILES string of the molecule is C[C@@H]1CC(C(=O)NCc2cc(-c3ccc(C(F)(F)F)nc3)ncn2)N1S(=O)(=O)c1ccc(F)cc1. The number of aromatic nitrogens is 3. The molecule has 1 fully saturated rings. The summed E-state index contributed by atoms with van der Waals surface area (Å²) in [5, 5.41) is 2.63. The molecule has 4 rings (SSSR count). The van der Waals surface area contributed by atoms with E-state index in [-0.39, 0.29) is 11.4 Å². The Morgan fingerprint density at radius 3 is 2.43 bits per heavy atom. The topological polar surface area (TPSA) is 105 Å². The number of hydrogen-bond acceptors (Lipinski definition) is 6. The first-order valence-electron chi connectivity index (χ1n) is 10.4. The lowest BCUT2D eigenvalue weighted by Gasteiger charge is -2.44. The van der Waals surface area contributed by atoms with Gasteiger partial charge >= 0.3 is 6.18 Å². The molecule has 184 valence electrons. The Kier molecular flexibility index (Phi) is 6.56. The summed E-state index contributed by atoms with van der Waals surface area (Å²) in [4.78, 5) is 24.1. The van der Waals surface area contributed by atoms with E-state index in [1.54, 1.807) is 6.92 Å². The van der Waals surface area contributed by atoms with Gasteiger partial charge in [-0.1, -0.05) is 0 Å². The zero-order valence-corrected chi connectivity index (χ0v) is 19.0. The van der Waals surface area contributed by atoms with Crippen molar-refractivity contribution in [1.29, 1.82) is 0 Å². The molecule has 1 aromatic carbocycles. The molecule has 3 aromatic rings. The van der Waals surface area contributed by atoms with Crippen LogP contribution in [-0.2, 0) is 27.5 Å². The van der Waals surface area contributed by atoms with Crippen LogP contribution in [-0.4, -0.2) is 45.7 Å². The summed E-state index contributed by atoms with van der Waals surface area (Å²) in [6.07, 6.45) is -2.01. The van der Waals surface area contributed by atoms with Crippen LogP contribution in [0, 0.1) is 5.82 Å². The van der Waals surface area contributed by atoms with Gasteiger partial charge in [0.25, 0.3) is 0 Å². The molecule has 35 heavy (non-hydrogen) atoms. The molecule has 0 radical (unpaired) electrons. The summed E-state index contributed by atoms with van der Waals surface area (Å²) in [6.45, 7) is 1.61. The summed E-state index contributed by atoms with van der Waals surface area (Å²) < 4.78 is 78.3. The number of rotatable bonds is 6. The van der Waals surface area contributed by atoms with Crippen LogP contribution in [0.2, 0.25) is 0 Å². The first-order valence-corrected chi connectivity index (χ1v) is 11.8. The molecule has 2 atom stereocenters. The monoisotopic (exact) mass is 509 g/mol. The first kappa shape index (κ1) is 24.7. The van der Waals surface area contributed by atoms with Crippen molar-refractivity contribution in [2.45, 2.75) is 43.0 Å². The van der Waals surface area contributed by atoms with Crippen LogP contribution in [0.15, 0.2) is 59.9 Å². The lowest BCUT2D eigenvalue weighted by molar-refractivity contribution is -0.141. The van der Waals surface area contributed by atoms with Crippen molar-refractivity contribution in [1.82, 2.24) is 24.6 Å². The number of halogens is 4. The summed E-state index contributed by atoms with van der Waals surface area (Å²) in [5.74, 6) is -1.11. The van der Waals surface area contributed by atoms with Crippen LogP contribution in [0.25, 0.3) is 11.3 Å². The van der Waals surface area contributed by atoms with Gasteiger partial charge in [0.1, 0.15) is 23.9 Å². The minimum Gasteiger partial charge on any atom is -0.349 e. The Morgan fingerprint density at radius 1 is 1.11 bits per heavy atom. The minimum atomic E-state index is -4.56. The van der Waals surface area contributed by atoms with Crippen molar-refractivity contribution < 1.29 is 30.8 Å². The van der Waals surface area contributed by atoms with Crippen molar-refractivity contribution >= 4 is 15.9 Å². The molecule has 13 heteroatoms. The molecule has 1 unspecified atom stereocenters. The van der Waals surface area contributed by atoms with Gasteiger partial charge in [-0.25, -0.2) is 22.8 Å². The number of alkyl halides is 3. The quantitative estimate of drug-likeness (QED) is 0.512. The number of sulfonamides is 1. The molecule has 0 aliphatic carbocycles. The average Bonchev–Trinajstić information content (AvgIpc) is 2.80. The van der Waals surface area contributed by atoms with E-state index in [4.69, 9.17) is 0 Å². The maximum Gasteiger partial charge on any atom is 0.433 e. The smallest absolute Gasteiger partial charge is 0.349 e. The Bertz CT molecular complexity index is 1330. The molecule has 8 nitrogen and oxygen atoms in total. The Labute approximate surface area is 198 Å². The molecule has 0 bridgehead atoms. The van der Waals surface area contributed by atoms with Crippen molar-refractivity contribution in [3.63, 3.8) is 0 Å². The second-order valence-electron chi connectivity index (χ2n) is 7.93. The van der Waals surface area contributed by atoms with Crippen LogP contribution < -0.4 is 5.32 Å². The normalized spacial score (nSPS) is 18.7. The Balaban J connectivity index is 1.44. The molecule has 1 N–H and O–H groups in total. The predicted molar refractivity (Wildman–Crippen MR) is 115 cm³/mol. The zero-order chi connectivity index (χ0) is 25.4. The zero-order valence-electron chi connectivity index (χ0n) is 18.2. The van der Waals surface area contributed by atoms with Crippen LogP contribution in [0.4, 0.5) is 17.6 Å². The predicted octanol–water partition coefficient (Wildman–Crippen LogP) is 3.16. The molecule has 1 saturated heterocycles. The van der Waals surface area contributed by atoms with E-state index in [9.17, 15) is 30.8 Å². The van der Waals surface area contributed by atoms with E-state index < -0.39 is 45.7 Å². The fourth-order valence-electron chi connectivity index (χ4n) is 3.72. The molecule has 3 heterocycles. The highest BCUT2D eigenvalue weighted by Crippen LogP contribution is 2.33.